The molecule has 0 saturated heterocycles. The van der Waals surface area contributed by atoms with Gasteiger partial charge in [-0.25, -0.2) is 4.39 Å². The van der Waals surface area contributed by atoms with Gasteiger partial charge in [-0.2, -0.15) is 5.26 Å². The van der Waals surface area contributed by atoms with Crippen molar-refractivity contribution in [3.8, 4) is 17.6 Å². The Hall–Kier alpha value is -3.05. The van der Waals surface area contributed by atoms with Gasteiger partial charge >= 0.3 is 0 Å². The minimum atomic E-state index is -0.664. The Morgan fingerprint density at radius 1 is 1.15 bits per heavy atom. The highest BCUT2D eigenvalue weighted by Gasteiger charge is 2.16. The van der Waals surface area contributed by atoms with Crippen molar-refractivity contribution in [1.29, 1.82) is 5.26 Å². The zero-order chi connectivity index (χ0) is 24.7. The molecule has 0 radical (unpaired) electrons. The van der Waals surface area contributed by atoms with Crippen LogP contribution in [0.1, 0.15) is 18.1 Å². The molecule has 0 atom stereocenters. The molecule has 0 heterocycles. The molecule has 1 amide bonds. The first-order valence-electron chi connectivity index (χ1n) is 10.0. The van der Waals surface area contributed by atoms with E-state index in [4.69, 9.17) is 32.7 Å². The van der Waals surface area contributed by atoms with Crippen molar-refractivity contribution < 1.29 is 18.7 Å². The maximum atomic E-state index is 13.1. The van der Waals surface area contributed by atoms with Crippen molar-refractivity contribution >= 4 is 56.8 Å². The summed E-state index contributed by atoms with van der Waals surface area (Å²) in [5.74, 6) is -0.139. The number of hydrogen-bond acceptors (Lipinski definition) is 4. The molecule has 9 heteroatoms. The molecule has 3 aromatic carbocycles. The van der Waals surface area contributed by atoms with Crippen molar-refractivity contribution in [3.05, 3.63) is 91.6 Å². The lowest BCUT2D eigenvalue weighted by Gasteiger charge is -2.15. The molecule has 0 aliphatic rings. The summed E-state index contributed by atoms with van der Waals surface area (Å²) in [6, 6.07) is 16.0. The monoisotopic (exact) mass is 562 g/mol. The summed E-state index contributed by atoms with van der Waals surface area (Å²) in [5.41, 5.74) is 1.37. The molecule has 0 spiro atoms. The zero-order valence-electron chi connectivity index (χ0n) is 17.9. The molecular formula is C25H18BrCl2FN2O3. The Bertz CT molecular complexity index is 1250. The standard InChI is InChI=1S/C25H18BrCl2FN2O3/c1-2-33-22-12-16(11-19(26)24(22)34-14-15-6-8-18(29)9-7-15)10-17(13-30)25(32)31-23-20(27)4-3-5-21(23)28/h3-12H,2,14H2,1H3,(H,31,32)/b17-10+. The molecule has 0 aromatic heterocycles. The van der Waals surface area contributed by atoms with Gasteiger partial charge in [0.05, 0.1) is 26.8 Å². The summed E-state index contributed by atoms with van der Waals surface area (Å²) in [6.07, 6.45) is 1.41. The summed E-state index contributed by atoms with van der Waals surface area (Å²) in [4.78, 5) is 12.7. The maximum Gasteiger partial charge on any atom is 0.266 e. The third-order valence-corrected chi connectivity index (χ3v) is 5.72. The predicted molar refractivity (Wildman–Crippen MR) is 135 cm³/mol. The van der Waals surface area contributed by atoms with Crippen LogP contribution in [-0.4, -0.2) is 12.5 Å². The smallest absolute Gasteiger partial charge is 0.266 e. The van der Waals surface area contributed by atoms with Crippen LogP contribution in [0.25, 0.3) is 6.08 Å². The predicted octanol–water partition coefficient (Wildman–Crippen LogP) is 7.42. The number of amides is 1. The molecule has 3 aromatic rings. The van der Waals surface area contributed by atoms with Gasteiger partial charge in [0.15, 0.2) is 11.5 Å². The second-order valence-corrected chi connectivity index (χ2v) is 8.57. The number of anilines is 1. The number of benzene rings is 3. The minimum Gasteiger partial charge on any atom is -0.490 e. The van der Waals surface area contributed by atoms with E-state index < -0.39 is 5.91 Å². The van der Waals surface area contributed by atoms with Gasteiger partial charge < -0.3 is 14.8 Å². The minimum absolute atomic E-state index is 0.162. The number of halogens is 4. The zero-order valence-corrected chi connectivity index (χ0v) is 21.0. The Kier molecular flexibility index (Phi) is 8.94. The normalized spacial score (nSPS) is 11.0. The fourth-order valence-electron chi connectivity index (χ4n) is 2.92. The Morgan fingerprint density at radius 3 is 2.44 bits per heavy atom. The highest BCUT2D eigenvalue weighted by atomic mass is 79.9. The van der Waals surface area contributed by atoms with E-state index >= 15 is 0 Å². The first-order valence-corrected chi connectivity index (χ1v) is 11.6. The molecule has 34 heavy (non-hydrogen) atoms. The largest absolute Gasteiger partial charge is 0.490 e. The van der Waals surface area contributed by atoms with Crippen LogP contribution in [0.3, 0.4) is 0 Å². The third kappa shape index (κ3) is 6.51. The summed E-state index contributed by atoms with van der Waals surface area (Å²) in [5, 5.41) is 12.6. The average molecular weight is 564 g/mol. The molecule has 3 rings (SSSR count). The highest BCUT2D eigenvalue weighted by Crippen LogP contribution is 2.38. The van der Waals surface area contributed by atoms with Gasteiger partial charge in [0.1, 0.15) is 24.1 Å². The van der Waals surface area contributed by atoms with E-state index in [1.54, 1.807) is 42.5 Å². The average Bonchev–Trinajstić information content (AvgIpc) is 2.80. The van der Waals surface area contributed by atoms with Crippen LogP contribution >= 0.6 is 39.1 Å². The molecule has 0 aliphatic carbocycles. The first kappa shape index (κ1) is 25.6. The van der Waals surface area contributed by atoms with Crippen LogP contribution < -0.4 is 14.8 Å². The Morgan fingerprint density at radius 2 is 1.82 bits per heavy atom. The number of hydrogen-bond donors (Lipinski definition) is 1. The molecule has 1 N–H and O–H groups in total. The van der Waals surface area contributed by atoms with E-state index in [9.17, 15) is 14.4 Å². The van der Waals surface area contributed by atoms with Gasteiger partial charge in [-0.15, -0.1) is 0 Å². The lowest BCUT2D eigenvalue weighted by Crippen LogP contribution is -2.14. The van der Waals surface area contributed by atoms with Crippen molar-refractivity contribution in [2.75, 3.05) is 11.9 Å². The van der Waals surface area contributed by atoms with Crippen LogP contribution in [0, 0.1) is 17.1 Å². The fraction of sp³-hybridized carbons (Fsp3) is 0.120. The van der Waals surface area contributed by atoms with E-state index in [0.717, 1.165) is 5.56 Å². The first-order chi connectivity index (χ1) is 16.3. The van der Waals surface area contributed by atoms with E-state index in [1.807, 2.05) is 13.0 Å². The van der Waals surface area contributed by atoms with E-state index in [2.05, 4.69) is 21.2 Å². The summed E-state index contributed by atoms with van der Waals surface area (Å²) >= 11 is 15.7. The van der Waals surface area contributed by atoms with Crippen molar-refractivity contribution in [3.63, 3.8) is 0 Å². The maximum absolute atomic E-state index is 13.1. The van der Waals surface area contributed by atoms with E-state index in [-0.39, 0.29) is 33.7 Å². The number of para-hydroxylation sites is 1. The van der Waals surface area contributed by atoms with Gasteiger partial charge in [0, 0.05) is 0 Å². The van der Waals surface area contributed by atoms with Crippen LogP contribution in [0.4, 0.5) is 10.1 Å². The number of rotatable bonds is 8. The van der Waals surface area contributed by atoms with Crippen LogP contribution in [0.5, 0.6) is 11.5 Å². The van der Waals surface area contributed by atoms with Crippen LogP contribution in [0.2, 0.25) is 10.0 Å². The number of nitrogens with zero attached hydrogens (tertiary/aromatic N) is 1. The number of ether oxygens (including phenoxy) is 2. The van der Waals surface area contributed by atoms with Crippen LogP contribution in [0.15, 0.2) is 64.6 Å². The molecule has 0 saturated carbocycles. The highest BCUT2D eigenvalue weighted by molar-refractivity contribution is 9.10. The van der Waals surface area contributed by atoms with Gasteiger partial charge in [0.25, 0.3) is 5.91 Å². The Labute approximate surface area is 214 Å². The van der Waals surface area contributed by atoms with Gasteiger partial charge in [-0.1, -0.05) is 41.4 Å². The van der Waals surface area contributed by atoms with Crippen LogP contribution in [-0.2, 0) is 11.4 Å². The molecule has 0 bridgehead atoms. The summed E-state index contributed by atoms with van der Waals surface area (Å²) in [7, 11) is 0. The second kappa shape index (κ2) is 11.9. The SMILES string of the molecule is CCOc1cc(/C=C(\C#N)C(=O)Nc2c(Cl)cccc2Cl)cc(Br)c1OCc1ccc(F)cc1. The quantitative estimate of drug-likeness (QED) is 0.229. The Balaban J connectivity index is 1.86. The van der Waals surface area contributed by atoms with Crippen molar-refractivity contribution in [2.24, 2.45) is 0 Å². The lowest BCUT2D eigenvalue weighted by molar-refractivity contribution is -0.112. The van der Waals surface area contributed by atoms with E-state index in [1.165, 1.54) is 18.2 Å². The summed E-state index contributed by atoms with van der Waals surface area (Å²) in [6.45, 7) is 2.38. The van der Waals surface area contributed by atoms with Gasteiger partial charge in [0.2, 0.25) is 0 Å². The van der Waals surface area contributed by atoms with E-state index in [0.29, 0.717) is 28.1 Å². The second-order valence-electron chi connectivity index (χ2n) is 6.90. The molecule has 174 valence electrons. The molecule has 0 fully saturated rings. The number of nitrogens with one attached hydrogen (secondary N) is 1. The molecule has 0 aliphatic heterocycles. The molecule has 5 nitrogen and oxygen atoms in total. The molecule has 0 unspecified atom stereocenters. The topological polar surface area (TPSA) is 71.3 Å². The lowest BCUT2D eigenvalue weighted by atomic mass is 10.1. The fourth-order valence-corrected chi connectivity index (χ4v) is 3.99. The number of carbonyl (C=O) groups is 1. The number of carbonyl (C=O) groups excluding carboxylic acids is 1. The van der Waals surface area contributed by atoms with Gasteiger partial charge in [-0.05, 0) is 76.5 Å². The number of nitriles is 1. The van der Waals surface area contributed by atoms with Crippen molar-refractivity contribution in [1.82, 2.24) is 0 Å². The van der Waals surface area contributed by atoms with Gasteiger partial charge in [-0.3, -0.25) is 4.79 Å². The third-order valence-electron chi connectivity index (χ3n) is 4.51. The van der Waals surface area contributed by atoms with Crippen molar-refractivity contribution in [2.45, 2.75) is 13.5 Å². The summed E-state index contributed by atoms with van der Waals surface area (Å²) < 4.78 is 25.3. The molecular weight excluding hydrogens is 546 g/mol.